The highest BCUT2D eigenvalue weighted by atomic mass is 16.5. The highest BCUT2D eigenvalue weighted by Crippen LogP contribution is 2.41. The molecule has 0 radical (unpaired) electrons. The molecule has 0 aliphatic heterocycles. The Hall–Kier alpha value is -1.22. The molecule has 0 heterocycles. The van der Waals surface area contributed by atoms with Crippen LogP contribution in [-0.4, -0.2) is 11.7 Å². The molecular formula is C11H15NO2. The van der Waals surface area contributed by atoms with Gasteiger partial charge in [0.05, 0.1) is 6.61 Å². The molecule has 1 aliphatic rings. The fourth-order valence-electron chi connectivity index (χ4n) is 2.00. The number of phenols is 1. The van der Waals surface area contributed by atoms with Crippen molar-refractivity contribution >= 4 is 0 Å². The molecular weight excluding hydrogens is 178 g/mol. The Bertz CT molecular complexity index is 349. The van der Waals surface area contributed by atoms with Crippen molar-refractivity contribution < 1.29 is 9.84 Å². The molecule has 2 rings (SSSR count). The molecule has 1 aromatic rings. The Labute approximate surface area is 83.5 Å². The second-order valence-electron chi connectivity index (χ2n) is 3.56. The number of ether oxygens (including phenoxy) is 1. The average molecular weight is 193 g/mol. The molecule has 3 heteroatoms. The Balaban J connectivity index is 2.50. The lowest BCUT2D eigenvalue weighted by atomic mass is 10.1. The van der Waals surface area contributed by atoms with E-state index in [1.165, 1.54) is 5.56 Å². The van der Waals surface area contributed by atoms with Gasteiger partial charge in [-0.15, -0.1) is 0 Å². The molecule has 0 aromatic heterocycles. The molecule has 3 nitrogen and oxygen atoms in total. The quantitative estimate of drug-likeness (QED) is 0.752. The topological polar surface area (TPSA) is 55.5 Å². The number of benzene rings is 1. The van der Waals surface area contributed by atoms with Gasteiger partial charge in [-0.1, -0.05) is 6.07 Å². The van der Waals surface area contributed by atoms with Crippen LogP contribution < -0.4 is 10.5 Å². The lowest BCUT2D eigenvalue weighted by molar-refractivity contribution is 0.313. The van der Waals surface area contributed by atoms with E-state index >= 15 is 0 Å². The molecule has 0 spiro atoms. The zero-order valence-electron chi connectivity index (χ0n) is 8.29. The van der Waals surface area contributed by atoms with Gasteiger partial charge in [-0.25, -0.2) is 0 Å². The van der Waals surface area contributed by atoms with E-state index in [0.717, 1.165) is 18.4 Å². The zero-order chi connectivity index (χ0) is 10.1. The molecule has 0 unspecified atom stereocenters. The molecule has 0 saturated heterocycles. The number of hydrogen-bond acceptors (Lipinski definition) is 3. The van der Waals surface area contributed by atoms with Crippen LogP contribution in [0.3, 0.4) is 0 Å². The number of nitrogens with two attached hydrogens (primary N) is 1. The monoisotopic (exact) mass is 193 g/mol. The van der Waals surface area contributed by atoms with Crippen LogP contribution in [0.4, 0.5) is 0 Å². The van der Waals surface area contributed by atoms with Crippen molar-refractivity contribution in [2.75, 3.05) is 6.61 Å². The van der Waals surface area contributed by atoms with Crippen molar-refractivity contribution in [1.82, 2.24) is 0 Å². The summed E-state index contributed by atoms with van der Waals surface area (Å²) in [6, 6.07) is 3.63. The smallest absolute Gasteiger partial charge is 0.165 e. The van der Waals surface area contributed by atoms with Crippen LogP contribution in [0.15, 0.2) is 12.1 Å². The van der Waals surface area contributed by atoms with Crippen LogP contribution in [0.2, 0.25) is 0 Å². The van der Waals surface area contributed by atoms with E-state index in [1.807, 2.05) is 13.0 Å². The Morgan fingerprint density at radius 3 is 3.07 bits per heavy atom. The lowest BCUT2D eigenvalue weighted by Gasteiger charge is -2.13. The van der Waals surface area contributed by atoms with Crippen LogP contribution >= 0.6 is 0 Å². The van der Waals surface area contributed by atoms with E-state index in [0.29, 0.717) is 12.4 Å². The maximum absolute atomic E-state index is 9.64. The van der Waals surface area contributed by atoms with Gasteiger partial charge in [0.15, 0.2) is 11.5 Å². The Morgan fingerprint density at radius 1 is 1.57 bits per heavy atom. The summed E-state index contributed by atoms with van der Waals surface area (Å²) in [6.45, 7) is 2.45. The summed E-state index contributed by atoms with van der Waals surface area (Å²) < 4.78 is 5.42. The molecule has 76 valence electrons. The molecule has 3 N–H and O–H groups in total. The molecule has 1 aromatic carbocycles. The summed E-state index contributed by atoms with van der Waals surface area (Å²) in [5, 5.41) is 9.64. The van der Waals surface area contributed by atoms with Crippen molar-refractivity contribution in [3.63, 3.8) is 0 Å². The number of aromatic hydroxyl groups is 1. The predicted octanol–water partition coefficient (Wildman–Crippen LogP) is 1.74. The molecule has 14 heavy (non-hydrogen) atoms. The number of fused-ring (bicyclic) bond motifs is 1. The summed E-state index contributed by atoms with van der Waals surface area (Å²) in [5.41, 5.74) is 8.15. The maximum atomic E-state index is 9.64. The second-order valence-corrected chi connectivity index (χ2v) is 3.56. The third-order valence-corrected chi connectivity index (χ3v) is 2.65. The highest BCUT2D eigenvalue weighted by molar-refractivity contribution is 5.53. The fraction of sp³-hybridized carbons (Fsp3) is 0.455. The minimum atomic E-state index is 0.0126. The molecule has 1 atom stereocenters. The first kappa shape index (κ1) is 9.34. The summed E-state index contributed by atoms with van der Waals surface area (Å²) in [4.78, 5) is 0. The van der Waals surface area contributed by atoms with Gasteiger partial charge in [0.1, 0.15) is 0 Å². The van der Waals surface area contributed by atoms with Crippen molar-refractivity contribution in [3.05, 3.63) is 23.3 Å². The summed E-state index contributed by atoms with van der Waals surface area (Å²) in [6.07, 6.45) is 1.93. The van der Waals surface area contributed by atoms with Crippen LogP contribution in [0, 0.1) is 0 Å². The number of rotatable bonds is 2. The van der Waals surface area contributed by atoms with Gasteiger partial charge >= 0.3 is 0 Å². The van der Waals surface area contributed by atoms with Crippen LogP contribution in [0.5, 0.6) is 11.5 Å². The van der Waals surface area contributed by atoms with E-state index in [4.69, 9.17) is 10.5 Å². The van der Waals surface area contributed by atoms with Gasteiger partial charge in [-0.2, -0.15) is 0 Å². The molecule has 0 amide bonds. The molecule has 0 bridgehead atoms. The van der Waals surface area contributed by atoms with Crippen molar-refractivity contribution in [3.8, 4) is 11.5 Å². The normalized spacial score (nSPS) is 19.4. The first-order valence-electron chi connectivity index (χ1n) is 4.97. The van der Waals surface area contributed by atoms with Crippen molar-refractivity contribution in [1.29, 1.82) is 0 Å². The maximum Gasteiger partial charge on any atom is 0.165 e. The largest absolute Gasteiger partial charge is 0.504 e. The predicted molar refractivity (Wildman–Crippen MR) is 54.5 cm³/mol. The Kier molecular flexibility index (Phi) is 2.33. The summed E-state index contributed by atoms with van der Waals surface area (Å²) in [7, 11) is 0. The summed E-state index contributed by atoms with van der Waals surface area (Å²) >= 11 is 0. The van der Waals surface area contributed by atoms with E-state index in [9.17, 15) is 5.11 Å². The first-order valence-corrected chi connectivity index (χ1v) is 4.97. The van der Waals surface area contributed by atoms with Gasteiger partial charge in [-0.3, -0.25) is 0 Å². The SMILES string of the molecule is CCOc1c(O)ccc2c1[C@H](N)CC2. The lowest BCUT2D eigenvalue weighted by Crippen LogP contribution is -2.08. The third kappa shape index (κ3) is 1.34. The average Bonchev–Trinajstić information content (AvgIpc) is 2.53. The molecule has 0 fully saturated rings. The molecule has 1 aliphatic carbocycles. The Morgan fingerprint density at radius 2 is 2.36 bits per heavy atom. The van der Waals surface area contributed by atoms with Crippen LogP contribution in [-0.2, 0) is 6.42 Å². The third-order valence-electron chi connectivity index (χ3n) is 2.65. The van der Waals surface area contributed by atoms with Gasteiger partial charge < -0.3 is 15.6 Å². The van der Waals surface area contributed by atoms with Crippen molar-refractivity contribution in [2.24, 2.45) is 5.73 Å². The summed E-state index contributed by atoms with van der Waals surface area (Å²) in [5.74, 6) is 0.776. The van der Waals surface area contributed by atoms with E-state index in [1.54, 1.807) is 6.07 Å². The van der Waals surface area contributed by atoms with Crippen LogP contribution in [0.1, 0.15) is 30.5 Å². The number of hydrogen-bond donors (Lipinski definition) is 2. The van der Waals surface area contributed by atoms with Gasteiger partial charge in [-0.05, 0) is 31.4 Å². The fourth-order valence-corrected chi connectivity index (χ4v) is 2.00. The zero-order valence-corrected chi connectivity index (χ0v) is 8.29. The minimum Gasteiger partial charge on any atom is -0.504 e. The minimum absolute atomic E-state index is 0.0126. The second kappa shape index (κ2) is 3.50. The standard InChI is InChI=1S/C11H15NO2/c1-2-14-11-9(13)6-4-7-3-5-8(12)10(7)11/h4,6,8,13H,2-3,5,12H2,1H3/t8-/m1/s1. The number of phenolic OH excluding ortho intramolecular Hbond substituents is 1. The highest BCUT2D eigenvalue weighted by Gasteiger charge is 2.25. The number of aryl methyl sites for hydroxylation is 1. The first-order chi connectivity index (χ1) is 6.74. The molecule has 0 saturated carbocycles. The van der Waals surface area contributed by atoms with E-state index in [-0.39, 0.29) is 11.8 Å². The van der Waals surface area contributed by atoms with Crippen molar-refractivity contribution in [2.45, 2.75) is 25.8 Å². The van der Waals surface area contributed by atoms with E-state index in [2.05, 4.69) is 0 Å². The van der Waals surface area contributed by atoms with Gasteiger partial charge in [0.25, 0.3) is 0 Å². The van der Waals surface area contributed by atoms with E-state index < -0.39 is 0 Å². The van der Waals surface area contributed by atoms with Gasteiger partial charge in [0.2, 0.25) is 0 Å². The van der Waals surface area contributed by atoms with Crippen LogP contribution in [0.25, 0.3) is 0 Å². The van der Waals surface area contributed by atoms with Gasteiger partial charge in [0, 0.05) is 11.6 Å².